The highest BCUT2D eigenvalue weighted by Crippen LogP contribution is 2.49. The largest absolute Gasteiger partial charge is 0.352 e. The van der Waals surface area contributed by atoms with Crippen molar-refractivity contribution in [3.63, 3.8) is 0 Å². The monoisotopic (exact) mass is 440 g/mol. The third kappa shape index (κ3) is 6.49. The molecule has 0 aromatic heterocycles. The molecular formula is C29H48N2O. The number of nitrogens with zero attached hydrogens (tertiary/aromatic N) is 1. The van der Waals surface area contributed by atoms with Crippen molar-refractivity contribution in [2.24, 2.45) is 11.3 Å². The van der Waals surface area contributed by atoms with Crippen molar-refractivity contribution < 1.29 is 4.79 Å². The number of carbonyl (C=O) groups excluding carboxylic acids is 1. The summed E-state index contributed by atoms with van der Waals surface area (Å²) >= 11 is 0. The summed E-state index contributed by atoms with van der Waals surface area (Å²) < 4.78 is 0. The maximum atomic E-state index is 13.4. The maximum absolute atomic E-state index is 13.4. The third-order valence-corrected chi connectivity index (χ3v) is 8.69. The van der Waals surface area contributed by atoms with Crippen LogP contribution < -0.4 is 5.32 Å². The molecule has 1 amide bonds. The van der Waals surface area contributed by atoms with Crippen molar-refractivity contribution in [3.05, 3.63) is 23.3 Å². The second kappa shape index (κ2) is 12.4. The first kappa shape index (κ1) is 24.0. The lowest BCUT2D eigenvalue weighted by Gasteiger charge is -2.50. The van der Waals surface area contributed by atoms with Crippen LogP contribution in [0, 0.1) is 11.3 Å². The first-order chi connectivity index (χ1) is 15.8. The molecule has 0 aromatic rings. The predicted octanol–water partition coefficient (Wildman–Crippen LogP) is 6.94. The van der Waals surface area contributed by atoms with Gasteiger partial charge in [-0.15, -0.1) is 0 Å². The molecule has 3 heteroatoms. The number of nitrogens with one attached hydrogen (secondary N) is 1. The topological polar surface area (TPSA) is 32.3 Å². The molecule has 3 nitrogen and oxygen atoms in total. The minimum absolute atomic E-state index is 0.180. The Morgan fingerprint density at radius 1 is 0.781 bits per heavy atom. The third-order valence-electron chi connectivity index (χ3n) is 8.69. The number of fused-ring (bicyclic) bond motifs is 1. The normalized spacial score (nSPS) is 34.2. The van der Waals surface area contributed by atoms with Gasteiger partial charge in [0.2, 0.25) is 5.91 Å². The van der Waals surface area contributed by atoms with E-state index in [9.17, 15) is 4.79 Å². The fourth-order valence-electron chi connectivity index (χ4n) is 6.90. The zero-order valence-electron chi connectivity index (χ0n) is 20.6. The highest BCUT2D eigenvalue weighted by molar-refractivity contribution is 5.95. The van der Waals surface area contributed by atoms with Gasteiger partial charge in [0.25, 0.3) is 0 Å². The first-order valence-corrected chi connectivity index (χ1v) is 14.2. The molecule has 0 saturated carbocycles. The maximum Gasteiger partial charge on any atom is 0.247 e. The molecule has 4 bridgehead atoms. The number of allylic oxidation sites excluding steroid dienone is 2. The molecule has 32 heavy (non-hydrogen) atoms. The van der Waals surface area contributed by atoms with E-state index < -0.39 is 0 Å². The van der Waals surface area contributed by atoms with Gasteiger partial charge in [-0.2, -0.15) is 0 Å². The smallest absolute Gasteiger partial charge is 0.247 e. The molecule has 1 N–H and O–H groups in total. The molecule has 1 spiro atoms. The van der Waals surface area contributed by atoms with Crippen LogP contribution in [-0.4, -0.2) is 37.0 Å². The predicted molar refractivity (Wildman–Crippen MR) is 135 cm³/mol. The molecule has 180 valence electrons. The molecule has 4 aliphatic rings. The van der Waals surface area contributed by atoms with E-state index in [2.05, 4.69) is 22.4 Å². The lowest BCUT2D eigenvalue weighted by atomic mass is 9.61. The van der Waals surface area contributed by atoms with Gasteiger partial charge in [-0.05, 0) is 51.6 Å². The fraction of sp³-hybridized carbons (Fsp3) is 0.828. The standard InChI is InChI=1S/C29H48N2O/c32-28-26-22-25-16-12-8-4-3-7-11-15-20-31-21-17-27(26)29(23-25,24-31)18-13-9-5-1-2-6-10-14-19-30-28/h22-23,27H,1-21,24H2,(H,30,32)/t27-,29-/m1/s1. The van der Waals surface area contributed by atoms with Gasteiger partial charge < -0.3 is 10.2 Å². The Labute approximate surface area is 197 Å². The molecule has 3 aliphatic heterocycles. The number of hydrogen-bond acceptors (Lipinski definition) is 2. The molecule has 2 saturated heterocycles. The summed E-state index contributed by atoms with van der Waals surface area (Å²) in [6.45, 7) is 4.44. The van der Waals surface area contributed by atoms with Crippen LogP contribution in [-0.2, 0) is 4.79 Å². The molecule has 1 aliphatic carbocycles. The summed E-state index contributed by atoms with van der Waals surface area (Å²) in [4.78, 5) is 16.2. The number of carbonyl (C=O) groups is 1. The van der Waals surface area contributed by atoms with Crippen LogP contribution in [0.4, 0.5) is 0 Å². The Hall–Kier alpha value is -1.09. The van der Waals surface area contributed by atoms with Gasteiger partial charge in [0.1, 0.15) is 0 Å². The Morgan fingerprint density at radius 3 is 2.22 bits per heavy atom. The van der Waals surface area contributed by atoms with Crippen LogP contribution in [0.5, 0.6) is 0 Å². The number of hydrogen-bond donors (Lipinski definition) is 1. The minimum Gasteiger partial charge on any atom is -0.352 e. The summed E-state index contributed by atoms with van der Waals surface area (Å²) in [6, 6.07) is 0. The van der Waals surface area contributed by atoms with Crippen molar-refractivity contribution in [2.45, 2.75) is 116 Å². The van der Waals surface area contributed by atoms with Crippen molar-refractivity contribution >= 4 is 5.91 Å². The first-order valence-electron chi connectivity index (χ1n) is 14.2. The van der Waals surface area contributed by atoms with Crippen LogP contribution in [0.2, 0.25) is 0 Å². The molecule has 3 atom stereocenters. The average molecular weight is 441 g/mol. The lowest BCUT2D eigenvalue weighted by Crippen LogP contribution is -2.51. The van der Waals surface area contributed by atoms with Crippen LogP contribution in [0.25, 0.3) is 0 Å². The molecule has 1 unspecified atom stereocenters. The van der Waals surface area contributed by atoms with Crippen LogP contribution in [0.3, 0.4) is 0 Å². The zero-order valence-corrected chi connectivity index (χ0v) is 20.6. The highest BCUT2D eigenvalue weighted by Gasteiger charge is 2.46. The number of rotatable bonds is 0. The summed E-state index contributed by atoms with van der Waals surface area (Å²) in [7, 11) is 0. The van der Waals surface area contributed by atoms with E-state index in [1.807, 2.05) is 0 Å². The highest BCUT2D eigenvalue weighted by atomic mass is 16.1. The Balaban J connectivity index is 1.61. The second-order valence-electron chi connectivity index (χ2n) is 11.2. The second-order valence-corrected chi connectivity index (χ2v) is 11.2. The van der Waals surface area contributed by atoms with Gasteiger partial charge in [-0.25, -0.2) is 0 Å². The fourth-order valence-corrected chi connectivity index (χ4v) is 6.90. The van der Waals surface area contributed by atoms with E-state index >= 15 is 0 Å². The summed E-state index contributed by atoms with van der Waals surface area (Å²) in [6.07, 6.45) is 28.7. The molecule has 0 radical (unpaired) electrons. The average Bonchev–Trinajstić information content (AvgIpc) is 2.79. The minimum atomic E-state index is 0.180. The van der Waals surface area contributed by atoms with Crippen molar-refractivity contribution in [2.75, 3.05) is 26.2 Å². The van der Waals surface area contributed by atoms with Crippen LogP contribution in [0.1, 0.15) is 116 Å². The van der Waals surface area contributed by atoms with Gasteiger partial charge in [0.15, 0.2) is 0 Å². The van der Waals surface area contributed by atoms with E-state index in [1.165, 1.54) is 122 Å². The molecular weight excluding hydrogens is 392 g/mol. The van der Waals surface area contributed by atoms with Gasteiger partial charge >= 0.3 is 0 Å². The zero-order chi connectivity index (χ0) is 22.1. The van der Waals surface area contributed by atoms with Gasteiger partial charge in [0.05, 0.1) is 0 Å². The number of piperidine rings is 1. The van der Waals surface area contributed by atoms with Gasteiger partial charge in [-0.3, -0.25) is 4.79 Å². The van der Waals surface area contributed by atoms with Crippen molar-refractivity contribution in [1.82, 2.24) is 10.2 Å². The van der Waals surface area contributed by atoms with Crippen molar-refractivity contribution in [3.8, 4) is 0 Å². The van der Waals surface area contributed by atoms with E-state index in [-0.39, 0.29) is 11.3 Å². The van der Waals surface area contributed by atoms with Gasteiger partial charge in [0, 0.05) is 30.0 Å². The summed E-state index contributed by atoms with van der Waals surface area (Å²) in [5, 5.41) is 3.33. The lowest BCUT2D eigenvalue weighted by molar-refractivity contribution is -0.118. The van der Waals surface area contributed by atoms with Crippen molar-refractivity contribution in [1.29, 1.82) is 0 Å². The molecule has 0 aromatic carbocycles. The number of amides is 1. The molecule has 4 rings (SSSR count). The molecule has 3 heterocycles. The van der Waals surface area contributed by atoms with E-state index in [0.29, 0.717) is 5.92 Å². The van der Waals surface area contributed by atoms with Crippen LogP contribution in [0.15, 0.2) is 23.3 Å². The summed E-state index contributed by atoms with van der Waals surface area (Å²) in [5.74, 6) is 0.662. The Morgan fingerprint density at radius 2 is 1.44 bits per heavy atom. The Bertz CT molecular complexity index is 666. The quantitative estimate of drug-likeness (QED) is 0.442. The SMILES string of the molecule is O=C1NCCCCCCCCCC[C@]23C=C4C=C1[C@H]2CCN(CCCCCCCCC4)C3. The summed E-state index contributed by atoms with van der Waals surface area (Å²) in [5.41, 5.74) is 2.78. The molecule has 2 fully saturated rings. The van der Waals surface area contributed by atoms with E-state index in [0.717, 1.165) is 31.4 Å². The van der Waals surface area contributed by atoms with Gasteiger partial charge in [-0.1, -0.05) is 94.8 Å². The van der Waals surface area contributed by atoms with Crippen LogP contribution >= 0.6 is 0 Å². The van der Waals surface area contributed by atoms with E-state index in [1.54, 1.807) is 0 Å². The Kier molecular flexibility index (Phi) is 9.31. The van der Waals surface area contributed by atoms with E-state index in [4.69, 9.17) is 0 Å².